The quantitative estimate of drug-likeness (QED) is 0.647. The molecule has 1 heteroatoms. The summed E-state index contributed by atoms with van der Waals surface area (Å²) in [5.74, 6) is 0.639. The maximum absolute atomic E-state index is 5.13. The van der Waals surface area contributed by atoms with Gasteiger partial charge in [-0.2, -0.15) is 0 Å². The fourth-order valence-corrected chi connectivity index (χ4v) is 2.11. The Morgan fingerprint density at radius 3 is 1.85 bits per heavy atom. The monoisotopic (exact) mass is 180 g/mol. The Bertz CT molecular complexity index is 234. The van der Waals surface area contributed by atoms with Gasteiger partial charge in [0.25, 0.3) is 0 Å². The van der Waals surface area contributed by atoms with Crippen LogP contribution in [0.5, 0.6) is 0 Å². The minimum absolute atomic E-state index is 0.639. The minimum atomic E-state index is 0.639. The van der Waals surface area contributed by atoms with E-state index in [1.807, 2.05) is 0 Å². The van der Waals surface area contributed by atoms with E-state index < -0.39 is 0 Å². The van der Waals surface area contributed by atoms with Crippen LogP contribution in [0.25, 0.3) is 0 Å². The average molecular weight is 180 g/mol. The SMILES string of the molecule is COCCC1C(C)=C(C)C(C)=C1C. The van der Waals surface area contributed by atoms with Crippen molar-refractivity contribution in [2.24, 2.45) is 5.92 Å². The standard InChI is InChI=1S/C12H20O/c1-8-9(2)11(4)12(10(8)3)6-7-13-5/h12H,6-7H2,1-5H3. The molecule has 1 nitrogen and oxygen atoms in total. The van der Waals surface area contributed by atoms with Crippen LogP contribution >= 0.6 is 0 Å². The second-order valence-electron chi connectivity index (χ2n) is 3.95. The van der Waals surface area contributed by atoms with Gasteiger partial charge in [-0.25, -0.2) is 0 Å². The van der Waals surface area contributed by atoms with Crippen LogP contribution in [0.1, 0.15) is 34.1 Å². The molecule has 1 aliphatic rings. The summed E-state index contributed by atoms with van der Waals surface area (Å²) in [7, 11) is 1.77. The van der Waals surface area contributed by atoms with E-state index in [0.29, 0.717) is 5.92 Å². The van der Waals surface area contributed by atoms with Gasteiger partial charge in [0.15, 0.2) is 0 Å². The molecule has 0 heterocycles. The van der Waals surface area contributed by atoms with Crippen LogP contribution in [0.2, 0.25) is 0 Å². The molecular weight excluding hydrogens is 160 g/mol. The summed E-state index contributed by atoms with van der Waals surface area (Å²) < 4.78 is 5.13. The van der Waals surface area contributed by atoms with E-state index in [9.17, 15) is 0 Å². The third-order valence-electron chi connectivity index (χ3n) is 3.40. The minimum Gasteiger partial charge on any atom is -0.385 e. The van der Waals surface area contributed by atoms with Gasteiger partial charge in [0.2, 0.25) is 0 Å². The smallest absolute Gasteiger partial charge is 0.0471 e. The molecule has 0 saturated carbocycles. The largest absolute Gasteiger partial charge is 0.385 e. The van der Waals surface area contributed by atoms with E-state index in [1.54, 1.807) is 7.11 Å². The lowest BCUT2D eigenvalue weighted by molar-refractivity contribution is 0.187. The second kappa shape index (κ2) is 4.10. The number of methoxy groups -OCH3 is 1. The summed E-state index contributed by atoms with van der Waals surface area (Å²) in [4.78, 5) is 0. The molecule has 0 bridgehead atoms. The maximum atomic E-state index is 5.13. The maximum Gasteiger partial charge on any atom is 0.0471 e. The number of allylic oxidation sites excluding steroid dienone is 4. The zero-order valence-corrected chi connectivity index (χ0v) is 9.40. The molecule has 0 fully saturated rings. The van der Waals surface area contributed by atoms with E-state index in [-0.39, 0.29) is 0 Å². The van der Waals surface area contributed by atoms with Gasteiger partial charge in [0.05, 0.1) is 0 Å². The van der Waals surface area contributed by atoms with Crippen LogP contribution < -0.4 is 0 Å². The summed E-state index contributed by atoms with van der Waals surface area (Å²) >= 11 is 0. The van der Waals surface area contributed by atoms with E-state index in [0.717, 1.165) is 13.0 Å². The van der Waals surface area contributed by atoms with Crippen molar-refractivity contribution in [1.82, 2.24) is 0 Å². The summed E-state index contributed by atoms with van der Waals surface area (Å²) in [6, 6.07) is 0. The van der Waals surface area contributed by atoms with Crippen molar-refractivity contribution < 1.29 is 4.74 Å². The number of ether oxygens (including phenoxy) is 1. The molecule has 0 aromatic rings. The Labute approximate surface area is 81.5 Å². The van der Waals surface area contributed by atoms with E-state index in [4.69, 9.17) is 4.74 Å². The molecule has 0 aromatic heterocycles. The van der Waals surface area contributed by atoms with Gasteiger partial charge in [-0.3, -0.25) is 0 Å². The van der Waals surface area contributed by atoms with Crippen molar-refractivity contribution in [3.8, 4) is 0 Å². The topological polar surface area (TPSA) is 9.23 Å². The molecule has 0 amide bonds. The summed E-state index contributed by atoms with van der Waals surface area (Å²) in [6.45, 7) is 9.80. The van der Waals surface area contributed by atoms with Gasteiger partial charge in [-0.1, -0.05) is 11.1 Å². The average Bonchev–Trinajstić information content (AvgIpc) is 2.30. The zero-order valence-electron chi connectivity index (χ0n) is 9.40. The van der Waals surface area contributed by atoms with Crippen LogP contribution in [-0.2, 0) is 4.74 Å². The molecule has 0 aliphatic heterocycles. The Balaban J connectivity index is 2.77. The molecule has 0 aromatic carbocycles. The van der Waals surface area contributed by atoms with E-state index in [2.05, 4.69) is 27.7 Å². The summed E-state index contributed by atoms with van der Waals surface area (Å²) in [5, 5.41) is 0. The zero-order chi connectivity index (χ0) is 10.0. The van der Waals surface area contributed by atoms with Crippen LogP contribution in [0.4, 0.5) is 0 Å². The van der Waals surface area contributed by atoms with Gasteiger partial charge >= 0.3 is 0 Å². The van der Waals surface area contributed by atoms with Crippen molar-refractivity contribution in [2.45, 2.75) is 34.1 Å². The highest BCUT2D eigenvalue weighted by atomic mass is 16.5. The molecule has 74 valence electrons. The van der Waals surface area contributed by atoms with Crippen LogP contribution in [-0.4, -0.2) is 13.7 Å². The molecule has 0 unspecified atom stereocenters. The lowest BCUT2D eigenvalue weighted by atomic mass is 9.94. The Morgan fingerprint density at radius 2 is 1.46 bits per heavy atom. The molecule has 1 aliphatic carbocycles. The summed E-state index contributed by atoms with van der Waals surface area (Å²) in [5.41, 5.74) is 6.04. The highest BCUT2D eigenvalue weighted by Crippen LogP contribution is 2.38. The summed E-state index contributed by atoms with van der Waals surface area (Å²) in [6.07, 6.45) is 1.13. The Hall–Kier alpha value is -0.560. The first kappa shape index (κ1) is 10.5. The third kappa shape index (κ3) is 1.86. The van der Waals surface area contributed by atoms with Crippen molar-refractivity contribution in [2.75, 3.05) is 13.7 Å². The van der Waals surface area contributed by atoms with Gasteiger partial charge in [-0.05, 0) is 45.3 Å². The highest BCUT2D eigenvalue weighted by molar-refractivity contribution is 5.46. The molecule has 0 saturated heterocycles. The molecule has 0 N–H and O–H groups in total. The highest BCUT2D eigenvalue weighted by Gasteiger charge is 2.23. The van der Waals surface area contributed by atoms with Gasteiger partial charge < -0.3 is 4.74 Å². The number of hydrogen-bond donors (Lipinski definition) is 0. The van der Waals surface area contributed by atoms with Crippen molar-refractivity contribution >= 4 is 0 Å². The van der Waals surface area contributed by atoms with Crippen molar-refractivity contribution in [1.29, 1.82) is 0 Å². The van der Waals surface area contributed by atoms with Crippen LogP contribution in [0.3, 0.4) is 0 Å². The normalized spacial score (nSPS) is 19.2. The number of rotatable bonds is 3. The second-order valence-corrected chi connectivity index (χ2v) is 3.95. The lowest BCUT2D eigenvalue weighted by Gasteiger charge is -2.13. The molecule has 13 heavy (non-hydrogen) atoms. The van der Waals surface area contributed by atoms with Crippen LogP contribution in [0, 0.1) is 5.92 Å². The van der Waals surface area contributed by atoms with Gasteiger partial charge in [0.1, 0.15) is 0 Å². The first-order valence-corrected chi connectivity index (χ1v) is 4.93. The molecule has 0 atom stereocenters. The predicted molar refractivity (Wildman–Crippen MR) is 56.7 cm³/mol. The fraction of sp³-hybridized carbons (Fsp3) is 0.667. The number of hydrogen-bond acceptors (Lipinski definition) is 1. The molecule has 0 radical (unpaired) electrons. The Kier molecular flexibility index (Phi) is 3.32. The van der Waals surface area contributed by atoms with Crippen molar-refractivity contribution in [3.05, 3.63) is 22.3 Å². The fourth-order valence-electron chi connectivity index (χ4n) is 2.11. The van der Waals surface area contributed by atoms with Gasteiger partial charge in [0, 0.05) is 19.6 Å². The third-order valence-corrected chi connectivity index (χ3v) is 3.40. The first-order valence-electron chi connectivity index (χ1n) is 4.93. The molecule has 1 rings (SSSR count). The van der Waals surface area contributed by atoms with Crippen molar-refractivity contribution in [3.63, 3.8) is 0 Å². The lowest BCUT2D eigenvalue weighted by Crippen LogP contribution is -2.04. The Morgan fingerprint density at radius 1 is 1.00 bits per heavy atom. The van der Waals surface area contributed by atoms with Crippen LogP contribution in [0.15, 0.2) is 22.3 Å². The first-order chi connectivity index (χ1) is 6.09. The van der Waals surface area contributed by atoms with Gasteiger partial charge in [-0.15, -0.1) is 0 Å². The van der Waals surface area contributed by atoms with E-state index >= 15 is 0 Å². The molecule has 0 spiro atoms. The predicted octanol–water partition coefficient (Wildman–Crippen LogP) is 3.33. The molecular formula is C12H20O. The van der Waals surface area contributed by atoms with E-state index in [1.165, 1.54) is 22.3 Å².